The summed E-state index contributed by atoms with van der Waals surface area (Å²) in [5.74, 6) is 0.00116. The van der Waals surface area contributed by atoms with Crippen molar-refractivity contribution in [3.05, 3.63) is 76.4 Å². The van der Waals surface area contributed by atoms with Gasteiger partial charge in [-0.2, -0.15) is 0 Å². The van der Waals surface area contributed by atoms with Gasteiger partial charge in [-0.05, 0) is 18.2 Å². The van der Waals surface area contributed by atoms with Gasteiger partial charge in [0.25, 0.3) is 0 Å². The van der Waals surface area contributed by atoms with Crippen molar-refractivity contribution in [1.82, 2.24) is 0 Å². The Morgan fingerprint density at radius 1 is 1.10 bits per heavy atom. The topological polar surface area (TPSA) is 29.1 Å². The number of anilines is 1. The van der Waals surface area contributed by atoms with E-state index in [1.54, 1.807) is 30.3 Å². The number of ketones is 1. The lowest BCUT2D eigenvalue weighted by Crippen LogP contribution is -2.06. The van der Waals surface area contributed by atoms with Gasteiger partial charge in [0.1, 0.15) is 0 Å². The number of hydrogen-bond acceptors (Lipinski definition) is 2. The molecule has 0 aromatic heterocycles. The maximum Gasteiger partial charge on any atom is 0.168 e. The van der Waals surface area contributed by atoms with Crippen molar-refractivity contribution in [1.29, 1.82) is 0 Å². The Morgan fingerprint density at radius 2 is 1.80 bits per heavy atom. The molecule has 0 bridgehead atoms. The van der Waals surface area contributed by atoms with Crippen LogP contribution in [0, 0.1) is 0 Å². The Morgan fingerprint density at radius 3 is 2.50 bits per heavy atom. The third-order valence-electron chi connectivity index (χ3n) is 2.71. The third-order valence-corrected chi connectivity index (χ3v) is 3.27. The fourth-order valence-electron chi connectivity index (χ4n) is 1.75. The smallest absolute Gasteiger partial charge is 0.168 e. The van der Waals surface area contributed by atoms with E-state index in [9.17, 15) is 4.79 Å². The van der Waals surface area contributed by atoms with Crippen molar-refractivity contribution in [3.63, 3.8) is 0 Å². The van der Waals surface area contributed by atoms with Crippen molar-refractivity contribution in [3.8, 4) is 0 Å². The van der Waals surface area contributed by atoms with Crippen LogP contribution in [0.5, 0.6) is 0 Å². The number of Topliss-reactive ketones (excluding diaryl/α,β-unsaturated/α-hetero) is 1. The molecule has 0 unspecified atom stereocenters. The minimum Gasteiger partial charge on any atom is -0.358 e. The molecule has 0 aliphatic heterocycles. The van der Waals surface area contributed by atoms with Crippen molar-refractivity contribution in [2.75, 3.05) is 5.32 Å². The van der Waals surface area contributed by atoms with E-state index in [0.29, 0.717) is 27.0 Å². The number of carbonyl (C=O) groups excluding carboxylic acids is 1. The molecule has 0 spiro atoms. The van der Waals surface area contributed by atoms with Crippen LogP contribution in [0.25, 0.3) is 0 Å². The average Bonchev–Trinajstić information content (AvgIpc) is 2.43. The molecule has 0 radical (unpaired) electrons. The zero-order chi connectivity index (χ0) is 14.5. The van der Waals surface area contributed by atoms with E-state index in [4.69, 9.17) is 23.2 Å². The fraction of sp³-hybridized carbons (Fsp3) is 0.0625. The number of allylic oxidation sites excluding steroid dienone is 1. The van der Waals surface area contributed by atoms with Crippen LogP contribution in [0.2, 0.25) is 10.0 Å². The normalized spacial score (nSPS) is 10.1. The van der Waals surface area contributed by atoms with Crippen molar-refractivity contribution in [2.45, 2.75) is 6.42 Å². The average molecular weight is 306 g/mol. The molecule has 0 heterocycles. The molecule has 20 heavy (non-hydrogen) atoms. The minimum absolute atomic E-state index is 0.00116. The number of hydrogen-bond donors (Lipinski definition) is 1. The van der Waals surface area contributed by atoms with Crippen LogP contribution in [-0.4, -0.2) is 5.78 Å². The Labute approximate surface area is 128 Å². The summed E-state index contributed by atoms with van der Waals surface area (Å²) in [6, 6.07) is 14.2. The van der Waals surface area contributed by atoms with Crippen molar-refractivity contribution < 1.29 is 4.79 Å². The first-order valence-corrected chi connectivity index (χ1v) is 6.80. The van der Waals surface area contributed by atoms with Crippen molar-refractivity contribution in [2.24, 2.45) is 0 Å². The fourth-order valence-corrected chi connectivity index (χ4v) is 2.08. The SMILES string of the molecule is C=C(CC(=O)c1ccccc1)Nc1cc(Cl)ccc1Cl. The molecule has 0 fully saturated rings. The highest BCUT2D eigenvalue weighted by Crippen LogP contribution is 2.27. The second-order valence-corrected chi connectivity index (χ2v) is 5.16. The molecule has 1 N–H and O–H groups in total. The predicted molar refractivity (Wildman–Crippen MR) is 84.6 cm³/mol. The van der Waals surface area contributed by atoms with E-state index in [2.05, 4.69) is 11.9 Å². The van der Waals surface area contributed by atoms with E-state index in [1.165, 1.54) is 0 Å². The molecule has 0 saturated heterocycles. The molecule has 2 aromatic carbocycles. The van der Waals surface area contributed by atoms with E-state index in [1.807, 2.05) is 18.2 Å². The molecule has 0 aliphatic rings. The summed E-state index contributed by atoms with van der Waals surface area (Å²) in [4.78, 5) is 12.0. The largest absolute Gasteiger partial charge is 0.358 e. The molecule has 102 valence electrons. The summed E-state index contributed by atoms with van der Waals surface area (Å²) < 4.78 is 0. The maximum atomic E-state index is 12.0. The van der Waals surface area contributed by atoms with Crippen molar-refractivity contribution >= 4 is 34.7 Å². The summed E-state index contributed by atoms with van der Waals surface area (Å²) in [7, 11) is 0. The van der Waals surface area contributed by atoms with Gasteiger partial charge in [-0.3, -0.25) is 4.79 Å². The van der Waals surface area contributed by atoms with Crippen LogP contribution in [0.1, 0.15) is 16.8 Å². The van der Waals surface area contributed by atoms with E-state index in [0.717, 1.165) is 0 Å². The minimum atomic E-state index is 0.00116. The monoisotopic (exact) mass is 305 g/mol. The zero-order valence-corrected chi connectivity index (χ0v) is 12.2. The van der Waals surface area contributed by atoms with Crippen LogP contribution in [-0.2, 0) is 0 Å². The molecule has 2 aromatic rings. The molecule has 0 atom stereocenters. The Hall–Kier alpha value is -1.77. The molecular formula is C16H13Cl2NO. The summed E-state index contributed by atoms with van der Waals surface area (Å²) >= 11 is 12.0. The molecule has 2 rings (SSSR count). The maximum absolute atomic E-state index is 12.0. The first-order chi connectivity index (χ1) is 9.56. The second kappa shape index (κ2) is 6.60. The van der Waals surface area contributed by atoms with Crippen LogP contribution in [0.3, 0.4) is 0 Å². The van der Waals surface area contributed by atoms with Crippen LogP contribution >= 0.6 is 23.2 Å². The van der Waals surface area contributed by atoms with E-state index >= 15 is 0 Å². The molecule has 2 nitrogen and oxygen atoms in total. The lowest BCUT2D eigenvalue weighted by Gasteiger charge is -2.11. The van der Waals surface area contributed by atoms with Gasteiger partial charge in [0.05, 0.1) is 17.1 Å². The zero-order valence-electron chi connectivity index (χ0n) is 10.7. The molecule has 0 aliphatic carbocycles. The molecule has 0 amide bonds. The lowest BCUT2D eigenvalue weighted by molar-refractivity contribution is 0.0993. The molecule has 4 heteroatoms. The third kappa shape index (κ3) is 3.86. The van der Waals surface area contributed by atoms with Gasteiger partial charge in [0, 0.05) is 16.3 Å². The Balaban J connectivity index is 2.03. The first kappa shape index (κ1) is 14.6. The van der Waals surface area contributed by atoms with Gasteiger partial charge in [-0.25, -0.2) is 0 Å². The van der Waals surface area contributed by atoms with Gasteiger partial charge < -0.3 is 5.32 Å². The van der Waals surface area contributed by atoms with E-state index in [-0.39, 0.29) is 12.2 Å². The van der Waals surface area contributed by atoms with Gasteiger partial charge in [-0.15, -0.1) is 0 Å². The van der Waals surface area contributed by atoms with Gasteiger partial charge in [-0.1, -0.05) is 60.1 Å². The Kier molecular flexibility index (Phi) is 4.83. The number of halogens is 2. The van der Waals surface area contributed by atoms with Gasteiger partial charge >= 0.3 is 0 Å². The van der Waals surface area contributed by atoms with Crippen LogP contribution in [0.15, 0.2) is 60.8 Å². The van der Waals surface area contributed by atoms with Gasteiger partial charge in [0.15, 0.2) is 5.78 Å². The summed E-state index contributed by atoms with van der Waals surface area (Å²) in [6.07, 6.45) is 0.201. The summed E-state index contributed by atoms with van der Waals surface area (Å²) in [5, 5.41) is 4.12. The predicted octanol–water partition coefficient (Wildman–Crippen LogP) is 5.19. The highest BCUT2D eigenvalue weighted by atomic mass is 35.5. The van der Waals surface area contributed by atoms with Crippen LogP contribution < -0.4 is 5.32 Å². The van der Waals surface area contributed by atoms with Gasteiger partial charge in [0.2, 0.25) is 0 Å². The standard InChI is InChI=1S/C16H13Cl2NO/c1-11(9-16(20)12-5-3-2-4-6-12)19-15-10-13(17)7-8-14(15)18/h2-8,10,19H,1,9H2. The molecule has 0 saturated carbocycles. The number of benzene rings is 2. The highest BCUT2D eigenvalue weighted by molar-refractivity contribution is 6.35. The van der Waals surface area contributed by atoms with E-state index < -0.39 is 0 Å². The lowest BCUT2D eigenvalue weighted by atomic mass is 10.1. The quantitative estimate of drug-likeness (QED) is 0.770. The summed E-state index contributed by atoms with van der Waals surface area (Å²) in [6.45, 7) is 3.85. The summed E-state index contributed by atoms with van der Waals surface area (Å²) in [5.41, 5.74) is 1.88. The number of rotatable bonds is 5. The first-order valence-electron chi connectivity index (χ1n) is 6.04. The number of nitrogens with one attached hydrogen (secondary N) is 1. The highest BCUT2D eigenvalue weighted by Gasteiger charge is 2.09. The van der Waals surface area contributed by atoms with Crippen LogP contribution in [0.4, 0.5) is 5.69 Å². The number of carbonyl (C=O) groups is 1. The molecular weight excluding hydrogens is 293 g/mol. The Bertz CT molecular complexity index is 638. The second-order valence-electron chi connectivity index (χ2n) is 4.32.